The lowest BCUT2D eigenvalue weighted by molar-refractivity contribution is -0.136. The first-order valence-corrected chi connectivity index (χ1v) is 21.5. The van der Waals surface area contributed by atoms with Gasteiger partial charge in [-0.05, 0) is 113 Å². The van der Waals surface area contributed by atoms with Crippen molar-refractivity contribution in [2.45, 2.75) is 89.2 Å². The fourth-order valence-electron chi connectivity index (χ4n) is 10.2. The molecule has 5 amide bonds. The number of benzene rings is 2. The normalized spacial score (nSPS) is 23.3. The van der Waals surface area contributed by atoms with Crippen molar-refractivity contribution in [2.75, 3.05) is 36.8 Å². The summed E-state index contributed by atoms with van der Waals surface area (Å²) in [5, 5.41) is 20.6. The maximum Gasteiger partial charge on any atom is 0.264 e. The summed E-state index contributed by atoms with van der Waals surface area (Å²) in [7, 11) is 0. The summed E-state index contributed by atoms with van der Waals surface area (Å²) in [5.41, 5.74) is 2.26. The zero-order valence-electron chi connectivity index (χ0n) is 33.2. The molecule has 9 rings (SSSR count). The molecule has 59 heavy (non-hydrogen) atoms. The molecule has 3 aliphatic heterocycles. The third-order valence-corrected chi connectivity index (χ3v) is 14.2. The van der Waals surface area contributed by atoms with Gasteiger partial charge in [-0.2, -0.15) is 0 Å². The number of carbonyl (C=O) groups is 5. The number of carbonyl (C=O) groups excluding carboxylic acids is 5. The first-order valence-electron chi connectivity index (χ1n) is 20.6. The van der Waals surface area contributed by atoms with Gasteiger partial charge >= 0.3 is 0 Å². The van der Waals surface area contributed by atoms with E-state index in [9.17, 15) is 33.5 Å². The lowest BCUT2D eigenvalue weighted by Gasteiger charge is -2.60. The summed E-state index contributed by atoms with van der Waals surface area (Å²) >= 11 is 1.63. The second-order valence-corrected chi connectivity index (χ2v) is 18.9. The summed E-state index contributed by atoms with van der Waals surface area (Å²) in [6.07, 6.45) is 10.4. The fraction of sp³-hybridized carbons (Fsp3) is 0.477. The largest absolute Gasteiger partial charge is 0.386 e. The standard InChI is InChI=1S/C44H48FN7O6S/c1-43(2,58)30-15-33-35(16-32(30)48-38(54)27-14-28(45)20-46-19-27)59-40(49-33)26-8-6-24(7-9-26)21-51-22-44(23-51)17-25(18-44)12-13-47-31-5-3-4-29-37(31)42(57)52(41(29)56)34-10-11-36(53)50-39(34)55/h3-5,14-16,19-20,24-26,34,47,58H,6-13,17-18,21-23H2,1-2H3,(H,48,54)(H,50,53,55). The number of nitrogens with zero attached hydrogens (tertiary/aromatic N) is 4. The summed E-state index contributed by atoms with van der Waals surface area (Å²) < 4.78 is 14.7. The Kier molecular flexibility index (Phi) is 10.1. The molecule has 4 fully saturated rings. The molecule has 1 spiro atoms. The number of hydrogen-bond donors (Lipinski definition) is 4. The third kappa shape index (κ3) is 7.64. The van der Waals surface area contributed by atoms with E-state index in [2.05, 4.69) is 25.8 Å². The lowest BCUT2D eigenvalue weighted by atomic mass is 9.57. The van der Waals surface area contributed by atoms with Crippen LogP contribution < -0.4 is 16.0 Å². The van der Waals surface area contributed by atoms with Crippen LogP contribution in [0.4, 0.5) is 15.8 Å². The first kappa shape index (κ1) is 39.3. The Labute approximate surface area is 345 Å². The Balaban J connectivity index is 0.730. The van der Waals surface area contributed by atoms with E-state index in [4.69, 9.17) is 4.98 Å². The van der Waals surface area contributed by atoms with Gasteiger partial charge in [0.25, 0.3) is 17.7 Å². The van der Waals surface area contributed by atoms with Gasteiger partial charge < -0.3 is 20.6 Å². The molecular formula is C44H48FN7O6S. The van der Waals surface area contributed by atoms with Gasteiger partial charge in [0.2, 0.25) is 11.8 Å². The number of nitrogens with one attached hydrogen (secondary N) is 3. The number of aromatic nitrogens is 2. The Bertz CT molecular complexity index is 2370. The molecule has 2 saturated heterocycles. The summed E-state index contributed by atoms with van der Waals surface area (Å²) in [6.45, 7) is 7.43. The Morgan fingerprint density at radius 2 is 1.78 bits per heavy atom. The van der Waals surface area contributed by atoms with Crippen molar-refractivity contribution >= 4 is 62.5 Å². The number of aliphatic hydroxyl groups is 1. The van der Waals surface area contributed by atoms with Crippen molar-refractivity contribution in [3.8, 4) is 0 Å². The van der Waals surface area contributed by atoms with E-state index in [1.807, 2.05) is 12.1 Å². The number of amides is 5. The molecule has 4 N–H and O–H groups in total. The predicted octanol–water partition coefficient (Wildman–Crippen LogP) is 6.20. The number of anilines is 2. The molecule has 2 aromatic heterocycles. The van der Waals surface area contributed by atoms with Gasteiger partial charge in [0.15, 0.2) is 0 Å². The number of imide groups is 2. The van der Waals surface area contributed by atoms with E-state index in [1.54, 1.807) is 43.4 Å². The second-order valence-electron chi connectivity index (χ2n) is 17.9. The smallest absolute Gasteiger partial charge is 0.264 e. The predicted molar refractivity (Wildman–Crippen MR) is 220 cm³/mol. The number of piperidine rings is 1. The van der Waals surface area contributed by atoms with Gasteiger partial charge in [-0.25, -0.2) is 9.37 Å². The van der Waals surface area contributed by atoms with Crippen LogP contribution in [0, 0.1) is 23.1 Å². The minimum atomic E-state index is -1.24. The van der Waals surface area contributed by atoms with Gasteiger partial charge in [0.1, 0.15) is 11.9 Å². The summed E-state index contributed by atoms with van der Waals surface area (Å²) in [5.74, 6) is -1.45. The number of fused-ring (bicyclic) bond motifs is 2. The molecular weight excluding hydrogens is 774 g/mol. The number of likely N-dealkylation sites (tertiary alicyclic amines) is 1. The minimum absolute atomic E-state index is 0.0881. The van der Waals surface area contributed by atoms with Gasteiger partial charge in [0.05, 0.1) is 43.7 Å². The molecule has 0 radical (unpaired) electrons. The molecule has 13 nitrogen and oxygen atoms in total. The summed E-state index contributed by atoms with van der Waals surface area (Å²) in [4.78, 5) is 76.1. The quantitative estimate of drug-likeness (QED) is 0.128. The molecule has 2 aliphatic carbocycles. The van der Waals surface area contributed by atoms with Crippen molar-refractivity contribution in [1.29, 1.82) is 0 Å². The highest BCUT2D eigenvalue weighted by molar-refractivity contribution is 7.18. The van der Waals surface area contributed by atoms with E-state index >= 15 is 0 Å². The van der Waals surface area contributed by atoms with E-state index in [0.29, 0.717) is 52.2 Å². The van der Waals surface area contributed by atoms with Crippen molar-refractivity contribution in [3.05, 3.63) is 81.9 Å². The molecule has 4 aromatic rings. The zero-order chi connectivity index (χ0) is 41.2. The van der Waals surface area contributed by atoms with Crippen LogP contribution in [0.15, 0.2) is 48.8 Å². The molecule has 1 unspecified atom stereocenters. The van der Waals surface area contributed by atoms with Gasteiger partial charge in [0, 0.05) is 61.7 Å². The van der Waals surface area contributed by atoms with E-state index in [-0.39, 0.29) is 24.0 Å². The number of thiazole rings is 1. The Hall–Kier alpha value is -5.12. The highest BCUT2D eigenvalue weighted by Crippen LogP contribution is 2.53. The molecule has 1 atom stereocenters. The van der Waals surface area contributed by atoms with Crippen molar-refractivity contribution in [3.63, 3.8) is 0 Å². The SMILES string of the molecule is CC(C)(O)c1cc2nc(C3CCC(CN4CC5(CC(CCNc6cccc7c6C(=O)N(C6CCC(=O)NC6=O)C7=O)C5)C4)CC3)sc2cc1NC(=O)c1cncc(F)c1. The summed E-state index contributed by atoms with van der Waals surface area (Å²) in [6, 6.07) is 9.04. The first-order chi connectivity index (χ1) is 28.2. The van der Waals surface area contributed by atoms with Gasteiger partial charge in [-0.3, -0.25) is 39.2 Å². The average Bonchev–Trinajstić information content (AvgIpc) is 3.70. The van der Waals surface area contributed by atoms with Crippen LogP contribution in [0.3, 0.4) is 0 Å². The number of hydrogen-bond acceptors (Lipinski definition) is 11. The molecule has 5 aliphatic rings. The van der Waals surface area contributed by atoms with Crippen LogP contribution in [-0.2, 0) is 15.2 Å². The monoisotopic (exact) mass is 821 g/mol. The fourth-order valence-corrected chi connectivity index (χ4v) is 11.4. The van der Waals surface area contributed by atoms with Crippen molar-refractivity contribution in [2.24, 2.45) is 17.3 Å². The topological polar surface area (TPSA) is 174 Å². The van der Waals surface area contributed by atoms with Gasteiger partial charge in [-0.15, -0.1) is 11.3 Å². The maximum atomic E-state index is 13.7. The van der Waals surface area contributed by atoms with Crippen LogP contribution in [0.5, 0.6) is 0 Å². The third-order valence-electron chi connectivity index (χ3n) is 13.0. The Morgan fingerprint density at radius 1 is 1.00 bits per heavy atom. The van der Waals surface area contributed by atoms with Crippen molar-refractivity contribution in [1.82, 2.24) is 25.1 Å². The zero-order valence-corrected chi connectivity index (χ0v) is 34.0. The second kappa shape index (κ2) is 15.2. The Morgan fingerprint density at radius 3 is 2.51 bits per heavy atom. The highest BCUT2D eigenvalue weighted by atomic mass is 32.1. The highest BCUT2D eigenvalue weighted by Gasteiger charge is 2.52. The van der Waals surface area contributed by atoms with Gasteiger partial charge in [-0.1, -0.05) is 6.07 Å². The number of rotatable bonds is 11. The van der Waals surface area contributed by atoms with E-state index < -0.39 is 47.0 Å². The molecule has 2 saturated carbocycles. The van der Waals surface area contributed by atoms with Crippen LogP contribution in [0.1, 0.15) is 119 Å². The maximum absolute atomic E-state index is 13.7. The van der Waals surface area contributed by atoms with E-state index in [0.717, 1.165) is 84.1 Å². The molecule has 2 aromatic carbocycles. The van der Waals surface area contributed by atoms with Crippen molar-refractivity contribution < 1.29 is 33.5 Å². The molecule has 308 valence electrons. The number of pyridine rings is 1. The molecule has 15 heteroatoms. The average molecular weight is 822 g/mol. The number of halogens is 1. The van der Waals surface area contributed by atoms with E-state index in [1.165, 1.54) is 19.0 Å². The van der Waals surface area contributed by atoms with Crippen LogP contribution in [0.2, 0.25) is 0 Å². The molecule has 0 bridgehead atoms. The van der Waals surface area contributed by atoms with Crippen LogP contribution in [-0.4, -0.2) is 86.6 Å². The van der Waals surface area contributed by atoms with Crippen LogP contribution in [0.25, 0.3) is 10.2 Å². The molecule has 5 heterocycles. The van der Waals surface area contributed by atoms with Crippen LogP contribution >= 0.6 is 11.3 Å². The minimum Gasteiger partial charge on any atom is -0.386 e. The lowest BCUT2D eigenvalue weighted by Crippen LogP contribution is -2.63.